The third-order valence-corrected chi connectivity index (χ3v) is 8.70. The van der Waals surface area contributed by atoms with Crippen molar-refractivity contribution in [2.24, 2.45) is 0 Å². The first-order valence-electron chi connectivity index (χ1n) is 12.7. The molecule has 3 aromatic carbocycles. The number of hydrogen-bond donors (Lipinski definition) is 1. The van der Waals surface area contributed by atoms with Gasteiger partial charge in [-0.05, 0) is 63.6 Å². The van der Waals surface area contributed by atoms with Crippen molar-refractivity contribution in [3.63, 3.8) is 0 Å². The molecule has 2 amide bonds. The van der Waals surface area contributed by atoms with Crippen molar-refractivity contribution in [1.82, 2.24) is 10.2 Å². The first kappa shape index (κ1) is 31.4. The number of hydrogen-bond acceptors (Lipinski definition) is 4. The van der Waals surface area contributed by atoms with Gasteiger partial charge in [0, 0.05) is 28.2 Å². The second kappa shape index (κ2) is 13.5. The molecule has 1 atom stereocenters. The molecule has 40 heavy (non-hydrogen) atoms. The van der Waals surface area contributed by atoms with Gasteiger partial charge >= 0.3 is 0 Å². The molecule has 1 N–H and O–H groups in total. The van der Waals surface area contributed by atoms with Crippen LogP contribution < -0.4 is 9.62 Å². The van der Waals surface area contributed by atoms with Gasteiger partial charge in [0.25, 0.3) is 10.0 Å². The van der Waals surface area contributed by atoms with Gasteiger partial charge in [-0.15, -0.1) is 0 Å². The van der Waals surface area contributed by atoms with Crippen molar-refractivity contribution in [2.75, 3.05) is 10.8 Å². The van der Waals surface area contributed by atoms with Crippen LogP contribution in [0.5, 0.6) is 0 Å². The van der Waals surface area contributed by atoms with Crippen LogP contribution in [0.15, 0.2) is 71.6 Å². The number of anilines is 1. The first-order chi connectivity index (χ1) is 18.9. The van der Waals surface area contributed by atoms with E-state index in [0.717, 1.165) is 15.9 Å². The molecule has 11 heteroatoms. The van der Waals surface area contributed by atoms with E-state index in [4.69, 9.17) is 23.2 Å². The number of rotatable bonds is 11. The van der Waals surface area contributed by atoms with Crippen LogP contribution in [-0.4, -0.2) is 43.8 Å². The molecule has 0 aliphatic carbocycles. The Bertz CT molecular complexity index is 1450. The lowest BCUT2D eigenvalue weighted by Gasteiger charge is -2.34. The van der Waals surface area contributed by atoms with E-state index in [1.54, 1.807) is 58.0 Å². The number of nitrogens with one attached hydrogen (secondary N) is 1. The summed E-state index contributed by atoms with van der Waals surface area (Å²) in [6.07, 6.45) is 0.219. The minimum absolute atomic E-state index is 0.112. The van der Waals surface area contributed by atoms with Crippen LogP contribution >= 0.6 is 23.2 Å². The van der Waals surface area contributed by atoms with Crippen LogP contribution in [0.3, 0.4) is 0 Å². The molecule has 0 saturated heterocycles. The van der Waals surface area contributed by atoms with E-state index in [0.29, 0.717) is 5.56 Å². The maximum absolute atomic E-state index is 15.0. The number of aryl methyl sites for hydroxylation is 1. The van der Waals surface area contributed by atoms with Crippen molar-refractivity contribution in [3.05, 3.63) is 93.7 Å². The Balaban J connectivity index is 2.12. The van der Waals surface area contributed by atoms with E-state index in [1.807, 2.05) is 0 Å². The molecule has 7 nitrogen and oxygen atoms in total. The van der Waals surface area contributed by atoms with E-state index in [-0.39, 0.29) is 39.6 Å². The van der Waals surface area contributed by atoms with Crippen molar-refractivity contribution >= 4 is 50.7 Å². The van der Waals surface area contributed by atoms with Crippen LogP contribution in [0.4, 0.5) is 10.1 Å². The Hall–Kier alpha value is -3.14. The molecule has 0 fully saturated rings. The minimum Gasteiger partial charge on any atom is -0.352 e. The van der Waals surface area contributed by atoms with Gasteiger partial charge in [-0.3, -0.25) is 13.9 Å². The quantitative estimate of drug-likeness (QED) is 0.291. The Morgan fingerprint density at radius 2 is 1.55 bits per heavy atom. The molecule has 0 aromatic heterocycles. The molecular weight excluding hydrogens is 576 g/mol. The van der Waals surface area contributed by atoms with Crippen LogP contribution in [0.2, 0.25) is 10.0 Å². The SMILES string of the molecule is CC[C@@H](C(=O)NC(C)C)N(Cc1c(Cl)cccc1Cl)C(=O)CN(c1ccccc1F)S(=O)(=O)c1ccc(C)cc1. The predicted octanol–water partition coefficient (Wildman–Crippen LogP) is 5.97. The highest BCUT2D eigenvalue weighted by atomic mass is 35.5. The molecule has 0 aliphatic heterocycles. The van der Waals surface area contributed by atoms with Gasteiger partial charge in [-0.2, -0.15) is 0 Å². The summed E-state index contributed by atoms with van der Waals surface area (Å²) in [6.45, 7) is 6.17. The maximum Gasteiger partial charge on any atom is 0.264 e. The third-order valence-electron chi connectivity index (χ3n) is 6.22. The smallest absolute Gasteiger partial charge is 0.264 e. The lowest BCUT2D eigenvalue weighted by atomic mass is 10.1. The summed E-state index contributed by atoms with van der Waals surface area (Å²) in [6, 6.07) is 15.0. The molecule has 0 unspecified atom stereocenters. The predicted molar refractivity (Wildman–Crippen MR) is 156 cm³/mol. The largest absolute Gasteiger partial charge is 0.352 e. The summed E-state index contributed by atoms with van der Waals surface area (Å²) in [5.41, 5.74) is 0.929. The zero-order valence-electron chi connectivity index (χ0n) is 22.7. The summed E-state index contributed by atoms with van der Waals surface area (Å²) in [7, 11) is -4.39. The zero-order chi connectivity index (χ0) is 29.6. The Morgan fingerprint density at radius 3 is 2.10 bits per heavy atom. The van der Waals surface area contributed by atoms with E-state index in [2.05, 4.69) is 5.32 Å². The topological polar surface area (TPSA) is 86.8 Å². The van der Waals surface area contributed by atoms with E-state index in [1.165, 1.54) is 35.2 Å². The van der Waals surface area contributed by atoms with Gasteiger partial charge in [-0.1, -0.05) is 66.0 Å². The summed E-state index contributed by atoms with van der Waals surface area (Å²) < 4.78 is 43.4. The minimum atomic E-state index is -4.39. The average molecular weight is 609 g/mol. The summed E-state index contributed by atoms with van der Waals surface area (Å²) >= 11 is 12.8. The van der Waals surface area contributed by atoms with Crippen LogP contribution in [0, 0.1) is 12.7 Å². The molecule has 0 heterocycles. The highest BCUT2D eigenvalue weighted by Gasteiger charge is 2.35. The fourth-order valence-electron chi connectivity index (χ4n) is 4.16. The number of para-hydroxylation sites is 1. The Morgan fingerprint density at radius 1 is 0.950 bits per heavy atom. The lowest BCUT2D eigenvalue weighted by Crippen LogP contribution is -2.53. The molecule has 0 saturated carbocycles. The Labute approximate surface area is 244 Å². The molecule has 214 valence electrons. The van der Waals surface area contributed by atoms with Crippen molar-refractivity contribution in [2.45, 2.75) is 57.6 Å². The second-order valence-electron chi connectivity index (χ2n) is 9.59. The molecule has 0 aliphatic rings. The number of sulfonamides is 1. The van der Waals surface area contributed by atoms with Gasteiger partial charge < -0.3 is 10.2 Å². The van der Waals surface area contributed by atoms with Crippen molar-refractivity contribution in [1.29, 1.82) is 0 Å². The molecule has 3 aromatic rings. The number of carbonyl (C=O) groups is 2. The van der Waals surface area contributed by atoms with Gasteiger partial charge in [0.05, 0.1) is 10.6 Å². The molecule has 0 bridgehead atoms. The molecule has 3 rings (SSSR count). The summed E-state index contributed by atoms with van der Waals surface area (Å²) in [5.74, 6) is -1.98. The van der Waals surface area contributed by atoms with Crippen LogP contribution in [-0.2, 0) is 26.2 Å². The van der Waals surface area contributed by atoms with Crippen LogP contribution in [0.1, 0.15) is 38.3 Å². The summed E-state index contributed by atoms with van der Waals surface area (Å²) in [5, 5.41) is 3.37. The van der Waals surface area contributed by atoms with Gasteiger partial charge in [0.1, 0.15) is 18.4 Å². The van der Waals surface area contributed by atoms with E-state index < -0.39 is 40.2 Å². The Kier molecular flexibility index (Phi) is 10.6. The fourth-order valence-corrected chi connectivity index (χ4v) is 6.10. The van der Waals surface area contributed by atoms with Gasteiger partial charge in [0.2, 0.25) is 11.8 Å². The standard InChI is InChI=1S/C29H32Cl2FN3O4S/c1-5-26(29(37)33-19(2)3)34(17-22-23(30)9-8-10-24(22)31)28(36)18-35(27-12-7-6-11-25(27)32)40(38,39)21-15-13-20(4)14-16-21/h6-16,19,26H,5,17-18H2,1-4H3,(H,33,37)/t26-/m0/s1. The zero-order valence-corrected chi connectivity index (χ0v) is 25.0. The monoisotopic (exact) mass is 607 g/mol. The average Bonchev–Trinajstić information content (AvgIpc) is 2.89. The molecular formula is C29H32Cl2FN3O4S. The second-order valence-corrected chi connectivity index (χ2v) is 12.3. The fraction of sp³-hybridized carbons (Fsp3) is 0.310. The van der Waals surface area contributed by atoms with Crippen molar-refractivity contribution < 1.29 is 22.4 Å². The first-order valence-corrected chi connectivity index (χ1v) is 14.9. The number of carbonyl (C=O) groups excluding carboxylic acids is 2. The van der Waals surface area contributed by atoms with E-state index in [9.17, 15) is 18.0 Å². The van der Waals surface area contributed by atoms with Gasteiger partial charge in [0.15, 0.2) is 0 Å². The number of amides is 2. The number of halogens is 3. The number of benzene rings is 3. The highest BCUT2D eigenvalue weighted by molar-refractivity contribution is 7.92. The molecule has 0 spiro atoms. The number of nitrogens with zero attached hydrogens (tertiary/aromatic N) is 2. The highest BCUT2D eigenvalue weighted by Crippen LogP contribution is 2.29. The van der Waals surface area contributed by atoms with Gasteiger partial charge in [-0.25, -0.2) is 12.8 Å². The van der Waals surface area contributed by atoms with E-state index >= 15 is 4.39 Å². The maximum atomic E-state index is 15.0. The van der Waals surface area contributed by atoms with Crippen molar-refractivity contribution in [3.8, 4) is 0 Å². The third kappa shape index (κ3) is 7.33. The normalized spacial score (nSPS) is 12.2. The molecule has 0 radical (unpaired) electrons. The summed E-state index contributed by atoms with van der Waals surface area (Å²) in [4.78, 5) is 28.3. The van der Waals surface area contributed by atoms with Crippen LogP contribution in [0.25, 0.3) is 0 Å². The lowest BCUT2D eigenvalue weighted by molar-refractivity contribution is -0.140.